The molecular formula is C13H10Cl2N2O4S. The molecule has 0 aromatic heterocycles. The molecule has 2 aromatic carbocycles. The summed E-state index contributed by atoms with van der Waals surface area (Å²) in [6.07, 6.45) is 0. The highest BCUT2D eigenvalue weighted by Crippen LogP contribution is 2.29. The Hall–Kier alpha value is -1.83. The lowest BCUT2D eigenvalue weighted by molar-refractivity contribution is -0.385. The first-order chi connectivity index (χ1) is 10.2. The molecule has 2 rings (SSSR count). The van der Waals surface area contributed by atoms with Crippen molar-refractivity contribution in [1.29, 1.82) is 0 Å². The Balaban J connectivity index is 2.46. The van der Waals surface area contributed by atoms with E-state index in [9.17, 15) is 18.5 Å². The van der Waals surface area contributed by atoms with E-state index in [-0.39, 0.29) is 21.3 Å². The van der Waals surface area contributed by atoms with Gasteiger partial charge < -0.3 is 0 Å². The van der Waals surface area contributed by atoms with Gasteiger partial charge in [0, 0.05) is 17.2 Å². The van der Waals surface area contributed by atoms with Gasteiger partial charge in [-0.05, 0) is 30.7 Å². The van der Waals surface area contributed by atoms with Crippen molar-refractivity contribution in [2.45, 2.75) is 11.8 Å². The van der Waals surface area contributed by atoms with E-state index in [0.717, 1.165) is 6.07 Å². The molecule has 0 radical (unpaired) electrons. The van der Waals surface area contributed by atoms with Gasteiger partial charge in [-0.2, -0.15) is 0 Å². The molecule has 0 unspecified atom stereocenters. The highest BCUT2D eigenvalue weighted by Gasteiger charge is 2.21. The Bertz CT molecular complexity index is 853. The summed E-state index contributed by atoms with van der Waals surface area (Å²) in [6.45, 7) is 1.54. The molecule has 0 saturated carbocycles. The van der Waals surface area contributed by atoms with Crippen molar-refractivity contribution >= 4 is 44.6 Å². The van der Waals surface area contributed by atoms with E-state index in [0.29, 0.717) is 10.6 Å². The topological polar surface area (TPSA) is 89.3 Å². The van der Waals surface area contributed by atoms with Gasteiger partial charge in [0.05, 0.1) is 20.5 Å². The predicted octanol–water partition coefficient (Wildman–Crippen LogP) is 4.01. The third kappa shape index (κ3) is 3.49. The van der Waals surface area contributed by atoms with E-state index in [1.807, 2.05) is 0 Å². The molecular weight excluding hydrogens is 351 g/mol. The van der Waals surface area contributed by atoms with Gasteiger partial charge in [0.15, 0.2) is 0 Å². The van der Waals surface area contributed by atoms with Crippen LogP contribution in [0.4, 0.5) is 11.4 Å². The number of nitrogens with zero attached hydrogens (tertiary/aromatic N) is 1. The summed E-state index contributed by atoms with van der Waals surface area (Å²) in [5.41, 5.74) is 0.202. The minimum atomic E-state index is -4.02. The van der Waals surface area contributed by atoms with Crippen LogP contribution in [-0.2, 0) is 10.0 Å². The van der Waals surface area contributed by atoms with Gasteiger partial charge in [0.1, 0.15) is 0 Å². The average molecular weight is 361 g/mol. The number of non-ortho nitro benzene ring substituents is 1. The Kier molecular flexibility index (Phi) is 4.60. The molecule has 0 amide bonds. The normalized spacial score (nSPS) is 11.2. The number of nitro groups is 1. The van der Waals surface area contributed by atoms with Crippen molar-refractivity contribution in [3.63, 3.8) is 0 Å². The van der Waals surface area contributed by atoms with Crippen molar-refractivity contribution in [3.8, 4) is 0 Å². The van der Waals surface area contributed by atoms with Crippen molar-refractivity contribution in [1.82, 2.24) is 0 Å². The lowest BCUT2D eigenvalue weighted by atomic mass is 10.2. The Morgan fingerprint density at radius 2 is 1.82 bits per heavy atom. The molecule has 9 heteroatoms. The number of halogens is 2. The smallest absolute Gasteiger partial charge is 0.270 e. The van der Waals surface area contributed by atoms with E-state index >= 15 is 0 Å². The number of rotatable bonds is 4. The van der Waals surface area contributed by atoms with E-state index in [1.165, 1.54) is 30.3 Å². The summed E-state index contributed by atoms with van der Waals surface area (Å²) in [5.74, 6) is 0. The molecule has 0 spiro atoms. The molecule has 2 aromatic rings. The summed E-state index contributed by atoms with van der Waals surface area (Å²) < 4.78 is 27.1. The molecule has 0 aliphatic heterocycles. The van der Waals surface area contributed by atoms with E-state index in [1.54, 1.807) is 6.92 Å². The molecule has 116 valence electrons. The summed E-state index contributed by atoms with van der Waals surface area (Å²) in [6, 6.07) is 7.89. The molecule has 0 fully saturated rings. The average Bonchev–Trinajstić information content (AvgIpc) is 2.42. The van der Waals surface area contributed by atoms with Crippen LogP contribution in [0.15, 0.2) is 41.3 Å². The zero-order valence-corrected chi connectivity index (χ0v) is 13.5. The second kappa shape index (κ2) is 6.12. The fraction of sp³-hybridized carbons (Fsp3) is 0.0769. The molecule has 0 saturated heterocycles. The van der Waals surface area contributed by atoms with Crippen LogP contribution < -0.4 is 4.72 Å². The molecule has 6 nitrogen and oxygen atoms in total. The standard InChI is InChI=1S/C13H10Cl2N2O4S/c1-8-2-4-10(17(18)19)7-13(8)22(20,21)16-12-5-3-9(14)6-11(12)15/h2-7,16H,1H3. The summed E-state index contributed by atoms with van der Waals surface area (Å²) in [7, 11) is -4.02. The molecule has 0 aliphatic rings. The third-order valence-electron chi connectivity index (χ3n) is 2.85. The van der Waals surface area contributed by atoms with Gasteiger partial charge in [0.2, 0.25) is 0 Å². The molecule has 1 N–H and O–H groups in total. The van der Waals surface area contributed by atoms with E-state index in [2.05, 4.69) is 4.72 Å². The Morgan fingerprint density at radius 3 is 2.41 bits per heavy atom. The van der Waals surface area contributed by atoms with Crippen molar-refractivity contribution in [3.05, 3.63) is 62.1 Å². The summed E-state index contributed by atoms with van der Waals surface area (Å²) in [4.78, 5) is 9.95. The number of benzene rings is 2. The van der Waals surface area contributed by atoms with Crippen LogP contribution in [0.3, 0.4) is 0 Å². The van der Waals surface area contributed by atoms with Crippen LogP contribution in [0, 0.1) is 17.0 Å². The van der Waals surface area contributed by atoms with Crippen molar-refractivity contribution in [2.24, 2.45) is 0 Å². The zero-order chi connectivity index (χ0) is 16.5. The predicted molar refractivity (Wildman–Crippen MR) is 85.1 cm³/mol. The SMILES string of the molecule is Cc1ccc([N+](=O)[O-])cc1S(=O)(=O)Nc1ccc(Cl)cc1Cl. The van der Waals surface area contributed by atoms with Crippen LogP contribution in [-0.4, -0.2) is 13.3 Å². The maximum atomic E-state index is 12.4. The molecule has 0 bridgehead atoms. The number of anilines is 1. The lowest BCUT2D eigenvalue weighted by Gasteiger charge is -2.11. The first-order valence-electron chi connectivity index (χ1n) is 5.93. The minimum absolute atomic E-state index is 0.124. The van der Waals surface area contributed by atoms with Gasteiger partial charge in [-0.25, -0.2) is 8.42 Å². The highest BCUT2D eigenvalue weighted by atomic mass is 35.5. The van der Waals surface area contributed by atoms with E-state index < -0.39 is 14.9 Å². The van der Waals surface area contributed by atoms with Gasteiger partial charge >= 0.3 is 0 Å². The number of nitro benzene ring substituents is 1. The van der Waals surface area contributed by atoms with Crippen LogP contribution in [0.25, 0.3) is 0 Å². The quantitative estimate of drug-likeness (QED) is 0.658. The fourth-order valence-electron chi connectivity index (χ4n) is 1.76. The van der Waals surface area contributed by atoms with Crippen LogP contribution in [0.5, 0.6) is 0 Å². The van der Waals surface area contributed by atoms with Crippen LogP contribution in [0.1, 0.15) is 5.56 Å². The van der Waals surface area contributed by atoms with Gasteiger partial charge in [0.25, 0.3) is 15.7 Å². The number of hydrogen-bond donors (Lipinski definition) is 1. The first-order valence-corrected chi connectivity index (χ1v) is 8.17. The van der Waals surface area contributed by atoms with E-state index in [4.69, 9.17) is 23.2 Å². The van der Waals surface area contributed by atoms with Gasteiger partial charge in [-0.15, -0.1) is 0 Å². The molecule has 0 heterocycles. The Morgan fingerprint density at radius 1 is 1.14 bits per heavy atom. The summed E-state index contributed by atoms with van der Waals surface area (Å²) >= 11 is 11.7. The highest BCUT2D eigenvalue weighted by molar-refractivity contribution is 7.92. The van der Waals surface area contributed by atoms with Gasteiger partial charge in [-0.1, -0.05) is 29.3 Å². The van der Waals surface area contributed by atoms with Gasteiger partial charge in [-0.3, -0.25) is 14.8 Å². The second-order valence-corrected chi connectivity index (χ2v) is 6.93. The number of hydrogen-bond acceptors (Lipinski definition) is 4. The Labute approximate surface area is 136 Å². The number of nitrogens with one attached hydrogen (secondary N) is 1. The van der Waals surface area contributed by atoms with Crippen LogP contribution in [0.2, 0.25) is 10.0 Å². The lowest BCUT2D eigenvalue weighted by Crippen LogP contribution is -2.14. The minimum Gasteiger partial charge on any atom is -0.278 e. The molecule has 0 atom stereocenters. The van der Waals surface area contributed by atoms with Crippen LogP contribution >= 0.6 is 23.2 Å². The number of aryl methyl sites for hydroxylation is 1. The first kappa shape index (κ1) is 16.5. The van der Waals surface area contributed by atoms with Crippen molar-refractivity contribution < 1.29 is 13.3 Å². The number of sulfonamides is 1. The summed E-state index contributed by atoms with van der Waals surface area (Å²) in [5, 5.41) is 11.3. The molecule has 22 heavy (non-hydrogen) atoms. The monoisotopic (exact) mass is 360 g/mol. The van der Waals surface area contributed by atoms with Crippen molar-refractivity contribution in [2.75, 3.05) is 4.72 Å². The third-order valence-corrected chi connectivity index (χ3v) is 4.90. The molecule has 0 aliphatic carbocycles. The second-order valence-electron chi connectivity index (χ2n) is 4.44. The fourth-order valence-corrected chi connectivity index (χ4v) is 3.62. The maximum Gasteiger partial charge on any atom is 0.270 e. The largest absolute Gasteiger partial charge is 0.278 e. The maximum absolute atomic E-state index is 12.4. The zero-order valence-electron chi connectivity index (χ0n) is 11.2.